The second kappa shape index (κ2) is 5.29. The van der Waals surface area contributed by atoms with Gasteiger partial charge in [0.15, 0.2) is 5.76 Å². The van der Waals surface area contributed by atoms with Crippen molar-refractivity contribution in [1.82, 2.24) is 14.0 Å². The van der Waals surface area contributed by atoms with Crippen molar-refractivity contribution in [2.45, 2.75) is 37.6 Å². The molecule has 4 heterocycles. The third kappa shape index (κ3) is 2.24. The molecule has 2 bridgehead atoms. The Morgan fingerprint density at radius 1 is 1.21 bits per heavy atom. The Hall–Kier alpha value is -1.93. The first-order valence-corrected chi connectivity index (χ1v) is 9.44. The fraction of sp³-hybridized carbons (Fsp3) is 0.500. The highest BCUT2D eigenvalue weighted by Gasteiger charge is 2.41. The van der Waals surface area contributed by atoms with E-state index in [0.29, 0.717) is 31.1 Å². The maximum atomic E-state index is 13.1. The molecule has 1 unspecified atom stereocenters. The van der Waals surface area contributed by atoms with E-state index in [9.17, 15) is 13.2 Å². The van der Waals surface area contributed by atoms with Crippen LogP contribution in [0.5, 0.6) is 0 Å². The smallest absolute Gasteiger partial charge is 0.250 e. The summed E-state index contributed by atoms with van der Waals surface area (Å²) in [7, 11) is -3.65. The van der Waals surface area contributed by atoms with Crippen molar-refractivity contribution < 1.29 is 12.9 Å². The van der Waals surface area contributed by atoms with Gasteiger partial charge in [0, 0.05) is 37.3 Å². The molecule has 2 aromatic heterocycles. The molecule has 1 saturated heterocycles. The van der Waals surface area contributed by atoms with Gasteiger partial charge in [0.05, 0.1) is 0 Å². The van der Waals surface area contributed by atoms with E-state index in [2.05, 4.69) is 5.16 Å². The van der Waals surface area contributed by atoms with Crippen LogP contribution in [0.4, 0.5) is 0 Å². The molecular weight excluding hydrogens is 330 g/mol. The van der Waals surface area contributed by atoms with Crippen LogP contribution in [-0.4, -0.2) is 35.5 Å². The molecule has 4 rings (SSSR count). The van der Waals surface area contributed by atoms with Gasteiger partial charge in [-0.05, 0) is 32.3 Å². The average molecular weight is 349 g/mol. The molecule has 0 amide bonds. The van der Waals surface area contributed by atoms with Crippen molar-refractivity contribution in [2.75, 3.05) is 13.1 Å². The predicted octanol–water partition coefficient (Wildman–Crippen LogP) is 1.26. The lowest BCUT2D eigenvalue weighted by molar-refractivity contribution is 0.186. The van der Waals surface area contributed by atoms with E-state index < -0.39 is 10.0 Å². The summed E-state index contributed by atoms with van der Waals surface area (Å²) in [6.45, 7) is 4.63. The molecule has 0 spiro atoms. The SMILES string of the molecule is Cc1noc(C)c1S(=O)(=O)N1CC2C[C@H](C1)Cn1c2cccc1=O. The van der Waals surface area contributed by atoms with Gasteiger partial charge >= 0.3 is 0 Å². The fourth-order valence-electron chi connectivity index (χ4n) is 4.02. The van der Waals surface area contributed by atoms with E-state index in [0.717, 1.165) is 12.1 Å². The minimum Gasteiger partial charge on any atom is -0.360 e. The van der Waals surface area contributed by atoms with E-state index in [1.54, 1.807) is 30.5 Å². The molecule has 0 aromatic carbocycles. The number of hydrogen-bond acceptors (Lipinski definition) is 5. The predicted molar refractivity (Wildman–Crippen MR) is 86.3 cm³/mol. The molecule has 2 aromatic rings. The molecular formula is C16H19N3O4S. The van der Waals surface area contributed by atoms with E-state index in [-0.39, 0.29) is 22.3 Å². The standard InChI is InChI=1S/C16H19N3O4S/c1-10-16(11(2)23-17-10)24(21,22)18-7-12-6-13(9-18)14-4-3-5-15(20)19(14)8-12/h3-5,12-13H,6-9H2,1-2H3/t12-,13?/m1/s1. The van der Waals surface area contributed by atoms with Crippen molar-refractivity contribution in [1.29, 1.82) is 0 Å². The van der Waals surface area contributed by atoms with Gasteiger partial charge in [0.1, 0.15) is 10.6 Å². The Kier molecular flexibility index (Phi) is 3.43. The van der Waals surface area contributed by atoms with Gasteiger partial charge < -0.3 is 9.09 Å². The zero-order chi connectivity index (χ0) is 17.1. The summed E-state index contributed by atoms with van der Waals surface area (Å²) in [5.74, 6) is 0.507. The Balaban J connectivity index is 1.73. The second-order valence-electron chi connectivity index (χ2n) is 6.67. The molecule has 128 valence electrons. The van der Waals surface area contributed by atoms with Crippen LogP contribution in [0, 0.1) is 19.8 Å². The van der Waals surface area contributed by atoms with Crippen LogP contribution in [0.3, 0.4) is 0 Å². The average Bonchev–Trinajstić information content (AvgIpc) is 2.88. The highest BCUT2D eigenvalue weighted by atomic mass is 32.2. The Bertz CT molecular complexity index is 940. The summed E-state index contributed by atoms with van der Waals surface area (Å²) in [6.07, 6.45) is 0.914. The first-order valence-electron chi connectivity index (χ1n) is 8.00. The summed E-state index contributed by atoms with van der Waals surface area (Å²) in [5.41, 5.74) is 1.31. The highest BCUT2D eigenvalue weighted by Crippen LogP contribution is 2.37. The molecule has 0 saturated carbocycles. The molecule has 7 nitrogen and oxygen atoms in total. The molecule has 0 N–H and O–H groups in total. The van der Waals surface area contributed by atoms with Crippen molar-refractivity contribution in [3.63, 3.8) is 0 Å². The monoisotopic (exact) mass is 349 g/mol. The van der Waals surface area contributed by atoms with Crippen LogP contribution in [0.2, 0.25) is 0 Å². The summed E-state index contributed by atoms with van der Waals surface area (Å²) in [6, 6.07) is 5.23. The summed E-state index contributed by atoms with van der Waals surface area (Å²) in [4.78, 5) is 12.2. The van der Waals surface area contributed by atoms with Gasteiger partial charge in [0.2, 0.25) is 10.0 Å². The van der Waals surface area contributed by atoms with Crippen LogP contribution in [0.15, 0.2) is 32.4 Å². The minimum absolute atomic E-state index is 0.00997. The van der Waals surface area contributed by atoms with E-state index in [4.69, 9.17) is 4.52 Å². The molecule has 2 aliphatic heterocycles. The van der Waals surface area contributed by atoms with E-state index >= 15 is 0 Å². The molecule has 1 fully saturated rings. The van der Waals surface area contributed by atoms with E-state index in [1.807, 2.05) is 6.07 Å². The van der Waals surface area contributed by atoms with Crippen LogP contribution < -0.4 is 5.56 Å². The van der Waals surface area contributed by atoms with Gasteiger partial charge in [-0.3, -0.25) is 4.79 Å². The third-order valence-corrected chi connectivity index (χ3v) is 7.09. The van der Waals surface area contributed by atoms with Crippen LogP contribution in [-0.2, 0) is 16.6 Å². The Morgan fingerprint density at radius 3 is 2.71 bits per heavy atom. The number of aromatic nitrogens is 2. The number of rotatable bonds is 2. The maximum Gasteiger partial charge on any atom is 0.250 e. The van der Waals surface area contributed by atoms with Crippen molar-refractivity contribution in [3.8, 4) is 0 Å². The number of piperidine rings is 1. The molecule has 24 heavy (non-hydrogen) atoms. The van der Waals surface area contributed by atoms with Crippen molar-refractivity contribution in [2.24, 2.45) is 5.92 Å². The quantitative estimate of drug-likeness (QED) is 0.815. The lowest BCUT2D eigenvalue weighted by Gasteiger charge is -2.41. The summed E-state index contributed by atoms with van der Waals surface area (Å²) in [5, 5.41) is 3.77. The maximum absolute atomic E-state index is 13.1. The second-order valence-corrected chi connectivity index (χ2v) is 8.55. The zero-order valence-corrected chi connectivity index (χ0v) is 14.4. The number of aryl methyl sites for hydroxylation is 2. The number of fused-ring (bicyclic) bond motifs is 4. The van der Waals surface area contributed by atoms with Crippen molar-refractivity contribution in [3.05, 3.63) is 45.7 Å². The lowest BCUT2D eigenvalue weighted by atomic mass is 9.84. The van der Waals surface area contributed by atoms with Crippen LogP contribution in [0.25, 0.3) is 0 Å². The zero-order valence-electron chi connectivity index (χ0n) is 13.6. The van der Waals surface area contributed by atoms with Crippen LogP contribution >= 0.6 is 0 Å². The first kappa shape index (κ1) is 15.6. The van der Waals surface area contributed by atoms with Gasteiger partial charge in [-0.1, -0.05) is 11.2 Å². The first-order chi connectivity index (χ1) is 11.4. The lowest BCUT2D eigenvalue weighted by Crippen LogP contribution is -2.49. The number of nitrogens with zero attached hydrogens (tertiary/aromatic N) is 3. The van der Waals surface area contributed by atoms with Gasteiger partial charge in [0.25, 0.3) is 5.56 Å². The largest absolute Gasteiger partial charge is 0.360 e. The normalized spacial score (nSPS) is 23.9. The molecule has 8 heteroatoms. The van der Waals surface area contributed by atoms with Crippen LogP contribution in [0.1, 0.15) is 29.5 Å². The Labute approximate surface area is 139 Å². The summed E-state index contributed by atoms with van der Waals surface area (Å²) < 4.78 is 34.5. The fourth-order valence-corrected chi connectivity index (χ4v) is 5.87. The minimum atomic E-state index is -3.65. The number of sulfonamides is 1. The van der Waals surface area contributed by atoms with Gasteiger partial charge in [-0.25, -0.2) is 8.42 Å². The Morgan fingerprint density at radius 2 is 2.00 bits per heavy atom. The molecule has 2 aliphatic rings. The number of pyridine rings is 1. The van der Waals surface area contributed by atoms with E-state index in [1.165, 1.54) is 4.31 Å². The van der Waals surface area contributed by atoms with Crippen molar-refractivity contribution >= 4 is 10.0 Å². The molecule has 0 aliphatic carbocycles. The van der Waals surface area contributed by atoms with Gasteiger partial charge in [-0.15, -0.1) is 0 Å². The highest BCUT2D eigenvalue weighted by molar-refractivity contribution is 7.89. The topological polar surface area (TPSA) is 85.4 Å². The molecule has 2 atom stereocenters. The van der Waals surface area contributed by atoms with Gasteiger partial charge in [-0.2, -0.15) is 4.31 Å². The summed E-state index contributed by atoms with van der Waals surface area (Å²) >= 11 is 0. The molecule has 0 radical (unpaired) electrons. The number of hydrogen-bond donors (Lipinski definition) is 0. The third-order valence-electron chi connectivity index (χ3n) is 5.01.